The number of rotatable bonds is 4. The van der Waals surface area contributed by atoms with Crippen molar-refractivity contribution in [1.29, 1.82) is 0 Å². The standard InChI is InChI=1S/C10H13N2O/c11-9(10(12)13)7-6-8-4-2-1-3-5-8/h1-5,9,12H,6-7,11H2. The molecule has 3 heteroatoms. The van der Waals surface area contributed by atoms with E-state index in [9.17, 15) is 4.79 Å². The first-order chi connectivity index (χ1) is 6.20. The maximum atomic E-state index is 10.5. The fourth-order valence-corrected chi connectivity index (χ4v) is 1.10. The van der Waals surface area contributed by atoms with Crippen molar-refractivity contribution in [1.82, 2.24) is 5.73 Å². The number of nitrogens with two attached hydrogens (primary N) is 1. The molecule has 0 aliphatic carbocycles. The van der Waals surface area contributed by atoms with Gasteiger partial charge in [-0.2, -0.15) is 0 Å². The van der Waals surface area contributed by atoms with Crippen LogP contribution in [0, 0.1) is 0 Å². The minimum absolute atomic E-state index is 0.548. The Labute approximate surface area is 77.7 Å². The minimum atomic E-state index is -0.684. The highest BCUT2D eigenvalue weighted by Crippen LogP contribution is 2.03. The van der Waals surface area contributed by atoms with E-state index in [2.05, 4.69) is 0 Å². The molecule has 1 amide bonds. The highest BCUT2D eigenvalue weighted by molar-refractivity contribution is 5.78. The second-order valence-electron chi connectivity index (χ2n) is 3.00. The normalized spacial score (nSPS) is 12.4. The molecule has 0 heterocycles. The Hall–Kier alpha value is -1.35. The van der Waals surface area contributed by atoms with Crippen LogP contribution in [0.5, 0.6) is 0 Å². The average Bonchev–Trinajstić information content (AvgIpc) is 2.15. The smallest absolute Gasteiger partial charge is 0.255 e. The number of amides is 1. The van der Waals surface area contributed by atoms with Crippen LogP contribution in [0.3, 0.4) is 0 Å². The van der Waals surface area contributed by atoms with Gasteiger partial charge in [0.1, 0.15) is 0 Å². The van der Waals surface area contributed by atoms with Gasteiger partial charge in [-0.25, -0.2) is 0 Å². The Balaban J connectivity index is 2.39. The zero-order valence-corrected chi connectivity index (χ0v) is 7.36. The second kappa shape index (κ2) is 4.62. The van der Waals surface area contributed by atoms with Crippen molar-refractivity contribution in [3.05, 3.63) is 35.9 Å². The van der Waals surface area contributed by atoms with Crippen LogP contribution in [0.25, 0.3) is 0 Å². The molecule has 1 aromatic carbocycles. The predicted octanol–water partition coefficient (Wildman–Crippen LogP) is 0.756. The summed E-state index contributed by atoms with van der Waals surface area (Å²) in [5.74, 6) is -0.684. The SMILES string of the molecule is [NH]C(=O)C(N)CCc1ccccc1. The van der Waals surface area contributed by atoms with E-state index in [1.807, 2.05) is 30.3 Å². The van der Waals surface area contributed by atoms with E-state index in [0.29, 0.717) is 6.42 Å². The predicted molar refractivity (Wildman–Crippen MR) is 50.8 cm³/mol. The van der Waals surface area contributed by atoms with E-state index in [1.165, 1.54) is 0 Å². The van der Waals surface area contributed by atoms with Crippen LogP contribution < -0.4 is 11.5 Å². The van der Waals surface area contributed by atoms with Gasteiger partial charge in [-0.1, -0.05) is 30.3 Å². The van der Waals surface area contributed by atoms with Gasteiger partial charge in [-0.05, 0) is 18.4 Å². The molecule has 0 bridgehead atoms. The van der Waals surface area contributed by atoms with Gasteiger partial charge in [0.25, 0.3) is 5.91 Å². The van der Waals surface area contributed by atoms with E-state index in [-0.39, 0.29) is 0 Å². The lowest BCUT2D eigenvalue weighted by molar-refractivity contribution is -0.120. The maximum Gasteiger partial charge on any atom is 0.255 e. The van der Waals surface area contributed by atoms with Crippen molar-refractivity contribution in [3.8, 4) is 0 Å². The van der Waals surface area contributed by atoms with E-state index in [1.54, 1.807) is 0 Å². The van der Waals surface area contributed by atoms with E-state index < -0.39 is 11.9 Å². The number of hydrogen-bond donors (Lipinski definition) is 1. The molecule has 0 saturated heterocycles. The van der Waals surface area contributed by atoms with Gasteiger partial charge in [-0.3, -0.25) is 10.5 Å². The summed E-state index contributed by atoms with van der Waals surface area (Å²) in [7, 11) is 0. The van der Waals surface area contributed by atoms with Gasteiger partial charge in [-0.15, -0.1) is 0 Å². The first kappa shape index (κ1) is 9.74. The molecule has 1 radical (unpaired) electrons. The lowest BCUT2D eigenvalue weighted by Gasteiger charge is -2.05. The summed E-state index contributed by atoms with van der Waals surface area (Å²) in [4.78, 5) is 10.5. The fraction of sp³-hybridized carbons (Fsp3) is 0.300. The van der Waals surface area contributed by atoms with E-state index >= 15 is 0 Å². The molecule has 13 heavy (non-hydrogen) atoms. The van der Waals surface area contributed by atoms with Crippen molar-refractivity contribution in [2.75, 3.05) is 0 Å². The third-order valence-corrected chi connectivity index (χ3v) is 1.92. The summed E-state index contributed by atoms with van der Waals surface area (Å²) in [6.07, 6.45) is 1.30. The molecule has 0 fully saturated rings. The summed E-state index contributed by atoms with van der Waals surface area (Å²) in [5, 5.41) is 0. The van der Waals surface area contributed by atoms with Gasteiger partial charge in [0.15, 0.2) is 0 Å². The highest BCUT2D eigenvalue weighted by atomic mass is 16.1. The van der Waals surface area contributed by atoms with Crippen LogP contribution >= 0.6 is 0 Å². The lowest BCUT2D eigenvalue weighted by Crippen LogP contribution is -2.31. The highest BCUT2D eigenvalue weighted by Gasteiger charge is 2.08. The summed E-state index contributed by atoms with van der Waals surface area (Å²) in [5.41, 5.74) is 13.4. The van der Waals surface area contributed by atoms with Crippen LogP contribution in [0.15, 0.2) is 30.3 Å². The second-order valence-corrected chi connectivity index (χ2v) is 3.00. The quantitative estimate of drug-likeness (QED) is 0.737. The average molecular weight is 177 g/mol. The third kappa shape index (κ3) is 3.25. The van der Waals surface area contributed by atoms with Gasteiger partial charge < -0.3 is 5.73 Å². The van der Waals surface area contributed by atoms with Crippen molar-refractivity contribution in [2.45, 2.75) is 18.9 Å². The summed E-state index contributed by atoms with van der Waals surface area (Å²) >= 11 is 0. The molecule has 1 aromatic rings. The Morgan fingerprint density at radius 1 is 1.38 bits per heavy atom. The Kier molecular flexibility index (Phi) is 3.46. The molecule has 0 spiro atoms. The van der Waals surface area contributed by atoms with E-state index in [4.69, 9.17) is 11.5 Å². The molecule has 3 nitrogen and oxygen atoms in total. The molecule has 0 saturated carbocycles. The fourth-order valence-electron chi connectivity index (χ4n) is 1.10. The van der Waals surface area contributed by atoms with Gasteiger partial charge >= 0.3 is 0 Å². The third-order valence-electron chi connectivity index (χ3n) is 1.92. The van der Waals surface area contributed by atoms with Gasteiger partial charge in [0.05, 0.1) is 6.04 Å². The largest absolute Gasteiger partial charge is 0.320 e. The van der Waals surface area contributed by atoms with Crippen LogP contribution in [0.1, 0.15) is 12.0 Å². The number of benzene rings is 1. The molecule has 1 unspecified atom stereocenters. The Morgan fingerprint density at radius 3 is 2.54 bits per heavy atom. The van der Waals surface area contributed by atoms with Gasteiger partial charge in [0, 0.05) is 0 Å². The molecular formula is C10H13N2O. The van der Waals surface area contributed by atoms with Crippen LogP contribution in [-0.2, 0) is 11.2 Å². The topological polar surface area (TPSA) is 66.9 Å². The molecule has 0 aliphatic heterocycles. The number of aryl methyl sites for hydroxylation is 1. The first-order valence-corrected chi connectivity index (χ1v) is 4.25. The molecular weight excluding hydrogens is 164 g/mol. The van der Waals surface area contributed by atoms with Crippen LogP contribution in [0.4, 0.5) is 0 Å². The number of carbonyl (C=O) groups excluding carboxylic acids is 1. The first-order valence-electron chi connectivity index (χ1n) is 4.25. The molecule has 3 N–H and O–H groups in total. The summed E-state index contributed by atoms with van der Waals surface area (Å²) < 4.78 is 0. The summed E-state index contributed by atoms with van der Waals surface area (Å²) in [6.45, 7) is 0. The number of carbonyl (C=O) groups is 1. The minimum Gasteiger partial charge on any atom is -0.320 e. The van der Waals surface area contributed by atoms with Crippen LogP contribution in [0.2, 0.25) is 0 Å². The summed E-state index contributed by atoms with van der Waals surface area (Å²) in [6, 6.07) is 9.17. The number of hydrogen-bond acceptors (Lipinski definition) is 2. The maximum absolute atomic E-state index is 10.5. The van der Waals surface area contributed by atoms with Crippen molar-refractivity contribution >= 4 is 5.91 Å². The lowest BCUT2D eigenvalue weighted by atomic mass is 10.1. The molecule has 1 rings (SSSR count). The van der Waals surface area contributed by atoms with Gasteiger partial charge in [0.2, 0.25) is 0 Å². The van der Waals surface area contributed by atoms with Crippen molar-refractivity contribution < 1.29 is 4.79 Å². The molecule has 1 atom stereocenters. The molecule has 0 aliphatic rings. The Bertz CT molecular complexity index is 272. The zero-order chi connectivity index (χ0) is 9.68. The zero-order valence-electron chi connectivity index (χ0n) is 7.36. The molecule has 0 aromatic heterocycles. The number of nitrogens with one attached hydrogen (secondary N) is 1. The molecule has 69 valence electrons. The van der Waals surface area contributed by atoms with Crippen LogP contribution in [-0.4, -0.2) is 11.9 Å². The Morgan fingerprint density at radius 2 is 2.00 bits per heavy atom. The van der Waals surface area contributed by atoms with E-state index in [0.717, 1.165) is 12.0 Å². The van der Waals surface area contributed by atoms with Crippen molar-refractivity contribution in [3.63, 3.8) is 0 Å². The van der Waals surface area contributed by atoms with Crippen molar-refractivity contribution in [2.24, 2.45) is 5.73 Å². The monoisotopic (exact) mass is 177 g/mol.